The molecule has 0 bridgehead atoms. The number of halogens is 2. The van der Waals surface area contributed by atoms with Gasteiger partial charge in [0.1, 0.15) is 0 Å². The predicted octanol–water partition coefficient (Wildman–Crippen LogP) is 4.60. The SMILES string of the molecule is CCNc1cc(C)ncc1C(=O)Nc1c(Br)cccc1Br. The van der Waals surface area contributed by atoms with Crippen LogP contribution in [-0.4, -0.2) is 17.4 Å². The number of para-hydroxylation sites is 1. The van der Waals surface area contributed by atoms with E-state index in [9.17, 15) is 4.79 Å². The van der Waals surface area contributed by atoms with Crippen LogP contribution in [0, 0.1) is 6.92 Å². The summed E-state index contributed by atoms with van der Waals surface area (Å²) in [7, 11) is 0. The maximum absolute atomic E-state index is 12.5. The first kappa shape index (κ1) is 16.0. The smallest absolute Gasteiger partial charge is 0.259 e. The summed E-state index contributed by atoms with van der Waals surface area (Å²) in [5, 5.41) is 6.09. The fourth-order valence-electron chi connectivity index (χ4n) is 1.88. The van der Waals surface area contributed by atoms with Crippen molar-refractivity contribution in [2.24, 2.45) is 0 Å². The summed E-state index contributed by atoms with van der Waals surface area (Å²) in [5.41, 5.74) is 2.87. The number of benzene rings is 1. The molecule has 2 aromatic rings. The average molecular weight is 413 g/mol. The van der Waals surface area contributed by atoms with Crippen molar-refractivity contribution in [3.8, 4) is 0 Å². The molecule has 6 heteroatoms. The van der Waals surface area contributed by atoms with Gasteiger partial charge in [0.2, 0.25) is 0 Å². The van der Waals surface area contributed by atoms with Gasteiger partial charge in [0.15, 0.2) is 0 Å². The Morgan fingerprint density at radius 2 is 1.95 bits per heavy atom. The molecule has 2 N–H and O–H groups in total. The standard InChI is InChI=1S/C15H15Br2N3O/c1-3-18-13-7-9(2)19-8-10(13)15(21)20-14-11(16)5-4-6-12(14)17/h4-8H,3H2,1-2H3,(H,18,19)(H,20,21). The van der Waals surface area contributed by atoms with Gasteiger partial charge in [-0.2, -0.15) is 0 Å². The Labute approximate surface area is 140 Å². The lowest BCUT2D eigenvalue weighted by atomic mass is 10.2. The number of nitrogens with one attached hydrogen (secondary N) is 2. The Kier molecular flexibility index (Phi) is 5.36. The quantitative estimate of drug-likeness (QED) is 0.771. The van der Waals surface area contributed by atoms with Crippen molar-refractivity contribution in [2.75, 3.05) is 17.2 Å². The van der Waals surface area contributed by atoms with Gasteiger partial charge in [-0.05, 0) is 63.9 Å². The van der Waals surface area contributed by atoms with E-state index in [0.29, 0.717) is 11.3 Å². The second-order valence-electron chi connectivity index (χ2n) is 4.45. The zero-order valence-corrected chi connectivity index (χ0v) is 14.9. The van der Waals surface area contributed by atoms with E-state index in [1.54, 1.807) is 6.20 Å². The van der Waals surface area contributed by atoms with Crippen LogP contribution in [0.5, 0.6) is 0 Å². The minimum Gasteiger partial charge on any atom is -0.385 e. The van der Waals surface area contributed by atoms with Crippen molar-refractivity contribution < 1.29 is 4.79 Å². The van der Waals surface area contributed by atoms with Crippen LogP contribution >= 0.6 is 31.9 Å². The van der Waals surface area contributed by atoms with Gasteiger partial charge in [0.05, 0.1) is 16.9 Å². The summed E-state index contributed by atoms with van der Waals surface area (Å²) >= 11 is 6.87. The van der Waals surface area contributed by atoms with E-state index in [1.807, 2.05) is 38.1 Å². The van der Waals surface area contributed by atoms with Crippen LogP contribution in [-0.2, 0) is 0 Å². The van der Waals surface area contributed by atoms with Crippen LogP contribution in [0.1, 0.15) is 23.0 Å². The molecule has 0 saturated heterocycles. The number of aromatic nitrogens is 1. The highest BCUT2D eigenvalue weighted by Crippen LogP contribution is 2.31. The second kappa shape index (κ2) is 7.04. The first-order valence-corrected chi connectivity index (χ1v) is 8.07. The summed E-state index contributed by atoms with van der Waals surface area (Å²) in [6, 6.07) is 7.51. The molecule has 21 heavy (non-hydrogen) atoms. The maximum Gasteiger partial charge on any atom is 0.259 e. The Morgan fingerprint density at radius 3 is 2.57 bits per heavy atom. The molecule has 4 nitrogen and oxygen atoms in total. The Hall–Kier alpha value is -1.40. The molecule has 0 aliphatic heterocycles. The van der Waals surface area contributed by atoms with Gasteiger partial charge in [-0.3, -0.25) is 9.78 Å². The lowest BCUT2D eigenvalue weighted by Gasteiger charge is -2.13. The maximum atomic E-state index is 12.5. The Bertz CT molecular complexity index is 654. The Morgan fingerprint density at radius 1 is 1.29 bits per heavy atom. The molecule has 110 valence electrons. The minimum atomic E-state index is -0.203. The molecule has 1 heterocycles. The highest BCUT2D eigenvalue weighted by atomic mass is 79.9. The number of hydrogen-bond acceptors (Lipinski definition) is 3. The van der Waals surface area contributed by atoms with Gasteiger partial charge in [-0.15, -0.1) is 0 Å². The molecular formula is C15H15Br2N3O. The summed E-state index contributed by atoms with van der Waals surface area (Å²) in [6.07, 6.45) is 1.59. The molecule has 0 radical (unpaired) electrons. The highest BCUT2D eigenvalue weighted by molar-refractivity contribution is 9.11. The molecule has 2 rings (SSSR count). The zero-order valence-electron chi connectivity index (χ0n) is 11.7. The lowest BCUT2D eigenvalue weighted by Crippen LogP contribution is -2.16. The van der Waals surface area contributed by atoms with E-state index in [2.05, 4.69) is 47.5 Å². The monoisotopic (exact) mass is 411 g/mol. The van der Waals surface area contributed by atoms with Crippen molar-refractivity contribution in [3.05, 3.63) is 50.7 Å². The number of nitrogens with zero attached hydrogens (tertiary/aromatic N) is 1. The van der Waals surface area contributed by atoms with Crippen molar-refractivity contribution in [1.82, 2.24) is 4.98 Å². The Balaban J connectivity index is 2.32. The second-order valence-corrected chi connectivity index (χ2v) is 6.16. The number of carbonyl (C=O) groups is 1. The average Bonchev–Trinajstić information content (AvgIpc) is 2.43. The molecule has 0 saturated carbocycles. The number of pyridine rings is 1. The number of amides is 1. The summed E-state index contributed by atoms with van der Waals surface area (Å²) < 4.78 is 1.63. The van der Waals surface area contributed by atoms with E-state index in [1.165, 1.54) is 0 Å². The molecule has 0 unspecified atom stereocenters. The number of aryl methyl sites for hydroxylation is 1. The molecule has 0 atom stereocenters. The molecule has 0 fully saturated rings. The van der Waals surface area contributed by atoms with Crippen LogP contribution in [0.25, 0.3) is 0 Å². The van der Waals surface area contributed by atoms with Crippen LogP contribution < -0.4 is 10.6 Å². The third kappa shape index (κ3) is 3.83. The number of hydrogen-bond donors (Lipinski definition) is 2. The fraction of sp³-hybridized carbons (Fsp3) is 0.200. The van der Waals surface area contributed by atoms with Gasteiger partial charge in [-0.25, -0.2) is 0 Å². The van der Waals surface area contributed by atoms with E-state index in [0.717, 1.165) is 26.9 Å². The van der Waals surface area contributed by atoms with E-state index in [4.69, 9.17) is 0 Å². The topological polar surface area (TPSA) is 54.0 Å². The van der Waals surface area contributed by atoms with Gasteiger partial charge in [0.25, 0.3) is 5.91 Å². The molecule has 1 aromatic heterocycles. The normalized spacial score (nSPS) is 10.3. The fourth-order valence-corrected chi connectivity index (χ4v) is 3.07. The molecule has 0 aliphatic rings. The number of anilines is 2. The van der Waals surface area contributed by atoms with E-state index < -0.39 is 0 Å². The third-order valence-electron chi connectivity index (χ3n) is 2.85. The van der Waals surface area contributed by atoms with Crippen LogP contribution in [0.15, 0.2) is 39.4 Å². The summed E-state index contributed by atoms with van der Waals surface area (Å²) in [5.74, 6) is -0.203. The first-order valence-electron chi connectivity index (χ1n) is 6.48. The largest absolute Gasteiger partial charge is 0.385 e. The van der Waals surface area contributed by atoms with Crippen molar-refractivity contribution in [2.45, 2.75) is 13.8 Å². The first-order chi connectivity index (χ1) is 10.0. The van der Waals surface area contributed by atoms with Crippen molar-refractivity contribution in [1.29, 1.82) is 0 Å². The summed E-state index contributed by atoms with van der Waals surface area (Å²) in [4.78, 5) is 16.7. The predicted molar refractivity (Wildman–Crippen MR) is 92.9 cm³/mol. The van der Waals surface area contributed by atoms with Crippen molar-refractivity contribution >= 4 is 49.1 Å². The molecule has 0 aliphatic carbocycles. The molecule has 0 spiro atoms. The summed E-state index contributed by atoms with van der Waals surface area (Å²) in [6.45, 7) is 4.62. The van der Waals surface area contributed by atoms with Crippen LogP contribution in [0.3, 0.4) is 0 Å². The number of carbonyl (C=O) groups excluding carboxylic acids is 1. The van der Waals surface area contributed by atoms with E-state index in [-0.39, 0.29) is 5.91 Å². The van der Waals surface area contributed by atoms with Gasteiger partial charge in [-0.1, -0.05) is 6.07 Å². The zero-order chi connectivity index (χ0) is 15.4. The van der Waals surface area contributed by atoms with Crippen LogP contribution in [0.2, 0.25) is 0 Å². The number of rotatable bonds is 4. The molecule has 1 amide bonds. The lowest BCUT2D eigenvalue weighted by molar-refractivity contribution is 0.102. The van der Waals surface area contributed by atoms with Gasteiger partial charge in [0, 0.05) is 27.4 Å². The highest BCUT2D eigenvalue weighted by Gasteiger charge is 2.15. The van der Waals surface area contributed by atoms with Crippen molar-refractivity contribution in [3.63, 3.8) is 0 Å². The van der Waals surface area contributed by atoms with Gasteiger partial charge >= 0.3 is 0 Å². The molecular weight excluding hydrogens is 398 g/mol. The molecule has 1 aromatic carbocycles. The van der Waals surface area contributed by atoms with Crippen LogP contribution in [0.4, 0.5) is 11.4 Å². The van der Waals surface area contributed by atoms with Gasteiger partial charge < -0.3 is 10.6 Å². The van der Waals surface area contributed by atoms with E-state index >= 15 is 0 Å². The third-order valence-corrected chi connectivity index (χ3v) is 4.18. The minimum absolute atomic E-state index is 0.203.